The second kappa shape index (κ2) is 4.09. The Bertz CT molecular complexity index is 330. The third kappa shape index (κ3) is 2.06. The fraction of sp³-hybridized carbons (Fsp3) is 0. The van der Waals surface area contributed by atoms with Gasteiger partial charge in [-0.15, -0.1) is 0 Å². The van der Waals surface area contributed by atoms with Crippen molar-refractivity contribution in [2.45, 2.75) is 0 Å². The van der Waals surface area contributed by atoms with Crippen LogP contribution in [0.15, 0.2) is 30.3 Å². The highest BCUT2D eigenvalue weighted by Crippen LogP contribution is 2.12. The van der Waals surface area contributed by atoms with Gasteiger partial charge in [0.1, 0.15) is 6.29 Å². The second-order valence-corrected chi connectivity index (χ2v) is 2.20. The first-order valence-electron chi connectivity index (χ1n) is 3.46. The lowest BCUT2D eigenvalue weighted by Crippen LogP contribution is -1.69. The molecule has 0 radical (unpaired) electrons. The number of aldehydes is 1. The molecule has 0 fully saturated rings. The summed E-state index contributed by atoms with van der Waals surface area (Å²) in [5.41, 5.74) is 1.53. The first kappa shape index (κ1) is 8.22. The number of carbonyl (C=O) groups is 1. The van der Waals surface area contributed by atoms with Crippen molar-refractivity contribution in [2.75, 3.05) is 0 Å². The molecular weight excluding hydrogens is 150 g/mol. The predicted molar refractivity (Wildman–Crippen MR) is 47.8 cm³/mol. The number of benzene rings is 1. The van der Waals surface area contributed by atoms with Crippen molar-refractivity contribution in [1.29, 1.82) is 0 Å². The van der Waals surface area contributed by atoms with Gasteiger partial charge in [0.25, 0.3) is 0 Å². The Hall–Kier alpha value is -1.88. The van der Waals surface area contributed by atoms with Crippen LogP contribution in [0.25, 0.3) is 10.9 Å². The maximum absolute atomic E-state index is 9.97. The van der Waals surface area contributed by atoms with Crippen molar-refractivity contribution in [3.05, 3.63) is 47.3 Å². The average molecular weight is 157 g/mol. The van der Waals surface area contributed by atoms with Gasteiger partial charge in [0, 0.05) is 0 Å². The van der Waals surface area contributed by atoms with E-state index in [-0.39, 0.29) is 0 Å². The van der Waals surface area contributed by atoms with E-state index in [1.165, 1.54) is 6.08 Å². The number of nitrogens with zero attached hydrogens (tertiary/aromatic N) is 1. The molecule has 1 rings (SSSR count). The maximum Gasteiger partial charge on any atom is 0.187 e. The van der Waals surface area contributed by atoms with Gasteiger partial charge in [-0.2, -0.15) is 0 Å². The van der Waals surface area contributed by atoms with Crippen molar-refractivity contribution in [1.82, 2.24) is 0 Å². The van der Waals surface area contributed by atoms with Crippen LogP contribution >= 0.6 is 0 Å². The molecule has 2 heteroatoms. The highest BCUT2D eigenvalue weighted by Gasteiger charge is 1.88. The molecule has 0 aliphatic rings. The van der Waals surface area contributed by atoms with Crippen molar-refractivity contribution in [2.24, 2.45) is 0 Å². The van der Waals surface area contributed by atoms with Crippen LogP contribution in [0.5, 0.6) is 0 Å². The lowest BCUT2D eigenvalue weighted by atomic mass is 10.2. The third-order valence-electron chi connectivity index (χ3n) is 1.39. The minimum atomic E-state index is 0.609. The van der Waals surface area contributed by atoms with Crippen molar-refractivity contribution >= 4 is 18.0 Å². The van der Waals surface area contributed by atoms with E-state index in [9.17, 15) is 4.79 Å². The molecule has 0 bridgehead atoms. The third-order valence-corrected chi connectivity index (χ3v) is 1.39. The summed E-state index contributed by atoms with van der Waals surface area (Å²) in [7, 11) is 0. The van der Waals surface area contributed by atoms with Crippen LogP contribution in [0.3, 0.4) is 0 Å². The molecule has 0 heterocycles. The number of hydrogen-bond acceptors (Lipinski definition) is 1. The maximum atomic E-state index is 9.97. The molecule has 0 amide bonds. The van der Waals surface area contributed by atoms with Gasteiger partial charge in [0.2, 0.25) is 0 Å². The summed E-state index contributed by atoms with van der Waals surface area (Å²) in [6.07, 6.45) is 3.84. The van der Waals surface area contributed by atoms with Crippen LogP contribution in [0, 0.1) is 6.57 Å². The zero-order valence-electron chi connectivity index (χ0n) is 6.40. The molecule has 58 valence electrons. The SMILES string of the molecule is [C-]#[N+]c1ccc(C=CC=O)cc1. The molecule has 0 unspecified atom stereocenters. The summed E-state index contributed by atoms with van der Waals surface area (Å²) in [5, 5.41) is 0. The molecule has 2 nitrogen and oxygen atoms in total. The number of carbonyl (C=O) groups excluding carboxylic acids is 1. The van der Waals surface area contributed by atoms with Gasteiger partial charge < -0.3 is 0 Å². The van der Waals surface area contributed by atoms with Crippen molar-refractivity contribution in [3.8, 4) is 0 Å². The Morgan fingerprint density at radius 3 is 2.42 bits per heavy atom. The van der Waals surface area contributed by atoms with Crippen LogP contribution in [-0.2, 0) is 4.79 Å². The molecule has 0 aliphatic heterocycles. The van der Waals surface area contributed by atoms with Crippen molar-refractivity contribution < 1.29 is 4.79 Å². The van der Waals surface area contributed by atoms with E-state index in [2.05, 4.69) is 4.85 Å². The van der Waals surface area contributed by atoms with Gasteiger partial charge >= 0.3 is 0 Å². The normalized spacial score (nSPS) is 9.58. The minimum Gasteiger partial charge on any atom is -0.299 e. The molecule has 0 aromatic heterocycles. The fourth-order valence-corrected chi connectivity index (χ4v) is 0.810. The van der Waals surface area contributed by atoms with Crippen LogP contribution in [0.1, 0.15) is 5.56 Å². The predicted octanol–water partition coefficient (Wildman–Crippen LogP) is 2.45. The summed E-state index contributed by atoms with van der Waals surface area (Å²) in [5.74, 6) is 0. The van der Waals surface area contributed by atoms with E-state index >= 15 is 0 Å². The molecule has 1 aromatic rings. The van der Waals surface area contributed by atoms with Gasteiger partial charge in [-0.3, -0.25) is 4.79 Å². The molecule has 0 atom stereocenters. The molecule has 0 aliphatic carbocycles. The van der Waals surface area contributed by atoms with Crippen LogP contribution in [-0.4, -0.2) is 6.29 Å². The molecule has 0 spiro atoms. The van der Waals surface area contributed by atoms with Crippen LogP contribution < -0.4 is 0 Å². The Morgan fingerprint density at radius 2 is 1.92 bits per heavy atom. The summed E-state index contributed by atoms with van der Waals surface area (Å²) in [4.78, 5) is 13.2. The number of rotatable bonds is 2. The van der Waals surface area contributed by atoms with Crippen LogP contribution in [0.2, 0.25) is 0 Å². The summed E-state index contributed by atoms with van der Waals surface area (Å²) >= 11 is 0. The highest BCUT2D eigenvalue weighted by atomic mass is 16.1. The number of hydrogen-bond donors (Lipinski definition) is 0. The molecule has 1 aromatic carbocycles. The summed E-state index contributed by atoms with van der Waals surface area (Å²) in [6.45, 7) is 6.70. The summed E-state index contributed by atoms with van der Waals surface area (Å²) in [6, 6.07) is 7.04. The molecular formula is C10H7NO. The summed E-state index contributed by atoms with van der Waals surface area (Å²) < 4.78 is 0. The van der Waals surface area contributed by atoms with E-state index in [0.717, 1.165) is 11.8 Å². The molecule has 0 saturated heterocycles. The lowest BCUT2D eigenvalue weighted by molar-refractivity contribution is -0.104. The standard InChI is InChI=1S/C10H7NO/c1-11-10-6-4-9(5-7-10)3-2-8-12/h2-8H. The zero-order valence-corrected chi connectivity index (χ0v) is 6.40. The Kier molecular flexibility index (Phi) is 2.80. The van der Waals surface area contributed by atoms with E-state index in [1.54, 1.807) is 30.3 Å². The molecule has 0 N–H and O–H groups in total. The second-order valence-electron chi connectivity index (χ2n) is 2.20. The van der Waals surface area contributed by atoms with Gasteiger partial charge in [0.05, 0.1) is 6.57 Å². The lowest BCUT2D eigenvalue weighted by Gasteiger charge is -1.90. The Morgan fingerprint density at radius 1 is 1.25 bits per heavy atom. The highest BCUT2D eigenvalue weighted by molar-refractivity contribution is 5.74. The monoisotopic (exact) mass is 157 g/mol. The first-order valence-corrected chi connectivity index (χ1v) is 3.46. The largest absolute Gasteiger partial charge is 0.299 e. The van der Waals surface area contributed by atoms with Gasteiger partial charge in [0.15, 0.2) is 5.69 Å². The van der Waals surface area contributed by atoms with E-state index in [4.69, 9.17) is 6.57 Å². The fourth-order valence-electron chi connectivity index (χ4n) is 0.810. The zero-order chi connectivity index (χ0) is 8.81. The van der Waals surface area contributed by atoms with E-state index in [1.807, 2.05) is 0 Å². The first-order chi connectivity index (χ1) is 5.86. The quantitative estimate of drug-likeness (QED) is 0.367. The van der Waals surface area contributed by atoms with Gasteiger partial charge in [-0.1, -0.05) is 30.3 Å². The smallest absolute Gasteiger partial charge is 0.187 e. The Labute approximate surface area is 71.0 Å². The van der Waals surface area contributed by atoms with Gasteiger partial charge in [-0.05, 0) is 11.6 Å². The minimum absolute atomic E-state index is 0.609. The van der Waals surface area contributed by atoms with Gasteiger partial charge in [-0.25, -0.2) is 4.85 Å². The molecule has 0 saturated carbocycles. The number of allylic oxidation sites excluding steroid dienone is 1. The average Bonchev–Trinajstić information content (AvgIpc) is 2.15. The Balaban J connectivity index is 2.86. The van der Waals surface area contributed by atoms with E-state index in [0.29, 0.717) is 5.69 Å². The van der Waals surface area contributed by atoms with Crippen LogP contribution in [0.4, 0.5) is 5.69 Å². The topological polar surface area (TPSA) is 21.4 Å². The van der Waals surface area contributed by atoms with Crippen molar-refractivity contribution in [3.63, 3.8) is 0 Å². The molecule has 12 heavy (non-hydrogen) atoms. The van der Waals surface area contributed by atoms with E-state index < -0.39 is 0 Å².